The van der Waals surface area contributed by atoms with Crippen molar-refractivity contribution < 1.29 is 14.5 Å². The number of benzene rings is 3. The first kappa shape index (κ1) is 22.4. The van der Waals surface area contributed by atoms with E-state index in [0.29, 0.717) is 17.1 Å². The number of carbonyl (C=O) groups excluding carboxylic acids is 1. The summed E-state index contributed by atoms with van der Waals surface area (Å²) in [5.41, 5.74) is 4.12. The van der Waals surface area contributed by atoms with Crippen LogP contribution in [0.1, 0.15) is 22.3 Å². The Morgan fingerprint density at radius 2 is 1.88 bits per heavy atom. The smallest absolute Gasteiger partial charge is 0.282 e. The van der Waals surface area contributed by atoms with Crippen molar-refractivity contribution in [3.8, 4) is 5.75 Å². The molecule has 33 heavy (non-hydrogen) atoms. The second kappa shape index (κ2) is 8.99. The summed E-state index contributed by atoms with van der Waals surface area (Å²) in [5, 5.41) is 11.1. The van der Waals surface area contributed by atoms with Gasteiger partial charge >= 0.3 is 0 Å². The average Bonchev–Trinajstić information content (AvgIpc) is 3.09. The predicted octanol–water partition coefficient (Wildman–Crippen LogP) is 5.82. The quantitative estimate of drug-likeness (QED) is 0.248. The van der Waals surface area contributed by atoms with E-state index in [1.165, 1.54) is 12.1 Å². The van der Waals surface area contributed by atoms with Gasteiger partial charge in [-0.15, -0.1) is 0 Å². The molecule has 8 heteroatoms. The molecule has 0 aromatic heterocycles. The molecule has 0 N–H and O–H groups in total. The molecule has 0 unspecified atom stereocenters. The number of hydrogen-bond acceptors (Lipinski definition) is 5. The fourth-order valence-corrected chi connectivity index (χ4v) is 4.22. The Labute approximate surface area is 199 Å². The second-order valence-corrected chi connectivity index (χ2v) is 8.45. The Balaban J connectivity index is 1.86. The molecular weight excluding hydrogens is 486 g/mol. The summed E-state index contributed by atoms with van der Waals surface area (Å²) in [6.45, 7) is 3.94. The van der Waals surface area contributed by atoms with Crippen LogP contribution >= 0.6 is 15.9 Å². The van der Waals surface area contributed by atoms with Gasteiger partial charge in [-0.1, -0.05) is 29.8 Å². The molecule has 1 amide bonds. The summed E-state index contributed by atoms with van der Waals surface area (Å²) in [5.74, 6) is 0.816. The summed E-state index contributed by atoms with van der Waals surface area (Å²) in [4.78, 5) is 30.4. The number of nitro benzene ring substituents is 1. The minimum Gasteiger partial charge on any atom is -0.496 e. The number of carbonyl (C=O) groups is 1. The molecule has 1 aliphatic heterocycles. The zero-order valence-electron chi connectivity index (χ0n) is 18.2. The number of amides is 1. The molecule has 0 saturated heterocycles. The van der Waals surface area contributed by atoms with E-state index in [4.69, 9.17) is 4.74 Å². The number of anilines is 1. The van der Waals surface area contributed by atoms with Crippen molar-refractivity contribution in [3.63, 3.8) is 0 Å². The van der Waals surface area contributed by atoms with E-state index >= 15 is 0 Å². The van der Waals surface area contributed by atoms with E-state index < -0.39 is 4.92 Å². The number of amidine groups is 1. The van der Waals surface area contributed by atoms with E-state index in [2.05, 4.69) is 20.9 Å². The van der Waals surface area contributed by atoms with Gasteiger partial charge in [0.25, 0.3) is 11.6 Å². The number of methoxy groups -OCH3 is 1. The fraction of sp³-hybridized carbons (Fsp3) is 0.120. The maximum absolute atomic E-state index is 13.5. The number of ether oxygens (including phenoxy) is 1. The van der Waals surface area contributed by atoms with Gasteiger partial charge in [0.2, 0.25) is 0 Å². The monoisotopic (exact) mass is 505 g/mol. The Bertz CT molecular complexity index is 1350. The molecule has 3 aromatic carbocycles. The Kier molecular flexibility index (Phi) is 6.11. The lowest BCUT2D eigenvalue weighted by Gasteiger charge is -2.21. The van der Waals surface area contributed by atoms with Gasteiger partial charge in [-0.2, -0.15) is 0 Å². The molecule has 1 aliphatic rings. The van der Waals surface area contributed by atoms with Crippen LogP contribution in [0.4, 0.5) is 11.4 Å². The van der Waals surface area contributed by atoms with Gasteiger partial charge in [-0.05, 0) is 71.2 Å². The lowest BCUT2D eigenvalue weighted by molar-refractivity contribution is -0.384. The lowest BCUT2D eigenvalue weighted by Crippen LogP contribution is -2.33. The number of rotatable bonds is 5. The highest BCUT2D eigenvalue weighted by atomic mass is 79.9. The molecule has 0 saturated carbocycles. The summed E-state index contributed by atoms with van der Waals surface area (Å²) < 4.78 is 6.06. The molecule has 0 atom stereocenters. The standard InChI is InChI=1S/C25H20BrN3O4/c1-15-7-9-22(16(2)11-15)28-24(18-8-10-23(33-3)20(26)14-18)27-21(25(28)30)13-17-5-4-6-19(12-17)29(31)32/h4-14H,1-3H3/b21-13+. The van der Waals surface area contributed by atoms with E-state index in [-0.39, 0.29) is 17.3 Å². The van der Waals surface area contributed by atoms with E-state index in [1.54, 1.807) is 36.3 Å². The summed E-state index contributed by atoms with van der Waals surface area (Å²) in [6.07, 6.45) is 1.57. The van der Waals surface area contributed by atoms with E-state index in [1.807, 2.05) is 44.2 Å². The normalized spacial score (nSPS) is 14.5. The van der Waals surface area contributed by atoms with Crippen LogP contribution in [0.5, 0.6) is 5.75 Å². The first-order valence-electron chi connectivity index (χ1n) is 10.1. The highest BCUT2D eigenvalue weighted by Gasteiger charge is 2.33. The van der Waals surface area contributed by atoms with Crippen LogP contribution in [0.3, 0.4) is 0 Å². The van der Waals surface area contributed by atoms with Crippen molar-refractivity contribution in [2.24, 2.45) is 4.99 Å². The predicted molar refractivity (Wildman–Crippen MR) is 132 cm³/mol. The van der Waals surface area contributed by atoms with Gasteiger partial charge in [-0.25, -0.2) is 4.99 Å². The van der Waals surface area contributed by atoms with Crippen LogP contribution in [0.25, 0.3) is 6.08 Å². The van der Waals surface area contributed by atoms with Crippen molar-refractivity contribution in [3.05, 3.63) is 103 Å². The number of hydrogen-bond donors (Lipinski definition) is 0. The fourth-order valence-electron chi connectivity index (χ4n) is 3.68. The maximum Gasteiger partial charge on any atom is 0.282 e. The summed E-state index contributed by atoms with van der Waals surface area (Å²) in [7, 11) is 1.58. The molecule has 0 fully saturated rings. The van der Waals surface area contributed by atoms with Crippen LogP contribution in [0, 0.1) is 24.0 Å². The van der Waals surface area contributed by atoms with Crippen LogP contribution in [-0.4, -0.2) is 23.8 Å². The topological polar surface area (TPSA) is 85.0 Å². The molecule has 166 valence electrons. The van der Waals surface area contributed by atoms with E-state index in [9.17, 15) is 14.9 Å². The number of nitro groups is 1. The SMILES string of the molecule is COc1ccc(C2=N/C(=C/c3cccc([N+](=O)[O-])c3)C(=O)N2c2ccc(C)cc2C)cc1Br. The molecule has 1 heterocycles. The first-order chi connectivity index (χ1) is 15.8. The third-order valence-corrected chi connectivity index (χ3v) is 5.87. The van der Waals surface area contributed by atoms with Gasteiger partial charge < -0.3 is 4.74 Å². The molecule has 4 rings (SSSR count). The van der Waals surface area contributed by atoms with Crippen molar-refractivity contribution >= 4 is 45.1 Å². The van der Waals surface area contributed by atoms with Crippen molar-refractivity contribution in [1.29, 1.82) is 0 Å². The summed E-state index contributed by atoms with van der Waals surface area (Å²) in [6, 6.07) is 17.4. The summed E-state index contributed by atoms with van der Waals surface area (Å²) >= 11 is 3.50. The maximum atomic E-state index is 13.5. The average molecular weight is 506 g/mol. The van der Waals surface area contributed by atoms with Crippen LogP contribution in [0.2, 0.25) is 0 Å². The minimum absolute atomic E-state index is 0.0516. The van der Waals surface area contributed by atoms with Gasteiger partial charge in [0.15, 0.2) is 0 Å². The Morgan fingerprint density at radius 1 is 1.09 bits per heavy atom. The second-order valence-electron chi connectivity index (χ2n) is 7.60. The van der Waals surface area contributed by atoms with Gasteiger partial charge in [0.1, 0.15) is 17.3 Å². The number of aryl methyl sites for hydroxylation is 2. The number of non-ortho nitro benzene ring substituents is 1. The number of aliphatic imine (C=N–C) groups is 1. The molecule has 0 radical (unpaired) electrons. The van der Waals surface area contributed by atoms with Crippen LogP contribution in [-0.2, 0) is 4.79 Å². The first-order valence-corrected chi connectivity index (χ1v) is 10.9. The largest absolute Gasteiger partial charge is 0.496 e. The third-order valence-electron chi connectivity index (χ3n) is 5.25. The van der Waals surface area contributed by atoms with Crippen molar-refractivity contribution in [1.82, 2.24) is 0 Å². The molecule has 3 aromatic rings. The van der Waals surface area contributed by atoms with Gasteiger partial charge in [0, 0.05) is 17.7 Å². The van der Waals surface area contributed by atoms with Gasteiger partial charge in [-0.3, -0.25) is 19.8 Å². The molecule has 7 nitrogen and oxygen atoms in total. The van der Waals surface area contributed by atoms with Gasteiger partial charge in [0.05, 0.1) is 22.2 Å². The number of halogens is 1. The zero-order chi connectivity index (χ0) is 23.7. The number of nitrogens with zero attached hydrogens (tertiary/aromatic N) is 3. The lowest BCUT2D eigenvalue weighted by atomic mass is 10.1. The van der Waals surface area contributed by atoms with Crippen LogP contribution in [0.15, 0.2) is 75.8 Å². The molecular formula is C25H20BrN3O4. The highest BCUT2D eigenvalue weighted by Crippen LogP contribution is 2.33. The van der Waals surface area contributed by atoms with Crippen molar-refractivity contribution in [2.75, 3.05) is 12.0 Å². The molecule has 0 aliphatic carbocycles. The highest BCUT2D eigenvalue weighted by molar-refractivity contribution is 9.10. The van der Waals surface area contributed by atoms with Crippen LogP contribution < -0.4 is 9.64 Å². The molecule has 0 bridgehead atoms. The van der Waals surface area contributed by atoms with E-state index in [0.717, 1.165) is 26.9 Å². The Morgan fingerprint density at radius 3 is 2.55 bits per heavy atom. The molecule has 0 spiro atoms. The zero-order valence-corrected chi connectivity index (χ0v) is 19.8. The Hall–Kier alpha value is -3.78. The van der Waals surface area contributed by atoms with Crippen molar-refractivity contribution in [2.45, 2.75) is 13.8 Å². The minimum atomic E-state index is -0.468. The third kappa shape index (κ3) is 4.42.